The first-order valence-corrected chi connectivity index (χ1v) is 12.1. The second-order valence-corrected chi connectivity index (χ2v) is 10.9. The molecule has 0 aliphatic carbocycles. The maximum Gasteiger partial charge on any atom is 0.243 e. The minimum Gasteiger partial charge on any atom is -0.391 e. The molecule has 8 nitrogen and oxygen atoms in total. The van der Waals surface area contributed by atoms with Gasteiger partial charge in [-0.05, 0) is 61.0 Å². The fourth-order valence-corrected chi connectivity index (χ4v) is 6.55. The van der Waals surface area contributed by atoms with Crippen molar-refractivity contribution in [3.8, 4) is 0 Å². The monoisotopic (exact) mass is 465 g/mol. The number of carbonyl (C=O) groups excluding carboxylic acids is 1. The van der Waals surface area contributed by atoms with Crippen LogP contribution in [0.1, 0.15) is 12.8 Å². The molecular weight excluding hydrogens is 442 g/mol. The predicted octanol–water partition coefficient (Wildman–Crippen LogP) is 1.17. The number of piperidine rings is 1. The summed E-state index contributed by atoms with van der Waals surface area (Å²) in [5.41, 5.74) is -1.91. The fraction of sp³-hybridized carbons (Fsp3) is 0.476. The van der Waals surface area contributed by atoms with Gasteiger partial charge < -0.3 is 20.1 Å². The molecule has 31 heavy (non-hydrogen) atoms. The maximum absolute atomic E-state index is 13.4. The molecule has 2 aromatic carbocycles. The number of sulfonamides is 1. The Labute approximate surface area is 185 Å². The molecule has 3 saturated heterocycles. The number of hydrogen-bond donors (Lipinski definition) is 2. The smallest absolute Gasteiger partial charge is 0.243 e. The molecule has 1 unspecified atom stereocenters. The summed E-state index contributed by atoms with van der Waals surface area (Å²) < 4.78 is 34.3. The van der Waals surface area contributed by atoms with Crippen LogP contribution in [-0.4, -0.2) is 79.3 Å². The summed E-state index contributed by atoms with van der Waals surface area (Å²) in [6.07, 6.45) is 1.41. The lowest BCUT2D eigenvalue weighted by Gasteiger charge is -2.43. The van der Waals surface area contributed by atoms with E-state index in [4.69, 9.17) is 16.3 Å². The highest BCUT2D eigenvalue weighted by atomic mass is 35.5. The molecule has 1 spiro atoms. The van der Waals surface area contributed by atoms with Crippen molar-refractivity contribution in [2.45, 2.75) is 29.1 Å². The zero-order chi connectivity index (χ0) is 21.9. The van der Waals surface area contributed by atoms with Gasteiger partial charge in [0, 0.05) is 5.02 Å². The zero-order valence-corrected chi connectivity index (χ0v) is 18.5. The van der Waals surface area contributed by atoms with Crippen molar-refractivity contribution in [1.82, 2.24) is 14.5 Å². The second kappa shape index (κ2) is 7.40. The molecule has 0 saturated carbocycles. The molecule has 166 valence electrons. The fourth-order valence-electron chi connectivity index (χ4n) is 4.91. The van der Waals surface area contributed by atoms with Crippen molar-refractivity contribution in [2.24, 2.45) is 0 Å². The van der Waals surface area contributed by atoms with Crippen LogP contribution in [0.15, 0.2) is 41.3 Å². The minimum atomic E-state index is -3.98. The lowest BCUT2D eigenvalue weighted by Crippen LogP contribution is -2.65. The molecule has 2 aromatic rings. The molecule has 0 bridgehead atoms. The van der Waals surface area contributed by atoms with Gasteiger partial charge in [-0.1, -0.05) is 23.7 Å². The topological polar surface area (TPSA) is 99.2 Å². The van der Waals surface area contributed by atoms with Gasteiger partial charge in [0.1, 0.15) is 0 Å². The SMILES string of the molecule is O=C1CN(S(=O)(=O)c2ccc3cc(Cl)ccc3c2)CC2(CO)OC3(CCNCC3)CN12. The van der Waals surface area contributed by atoms with Gasteiger partial charge in [0.05, 0.1) is 36.7 Å². The van der Waals surface area contributed by atoms with E-state index in [-0.39, 0.29) is 23.9 Å². The van der Waals surface area contributed by atoms with Crippen LogP contribution in [0.25, 0.3) is 10.8 Å². The van der Waals surface area contributed by atoms with Crippen LogP contribution in [-0.2, 0) is 19.6 Å². The molecule has 1 atom stereocenters. The van der Waals surface area contributed by atoms with Gasteiger partial charge in [-0.15, -0.1) is 0 Å². The summed E-state index contributed by atoms with van der Waals surface area (Å²) in [5, 5.41) is 15.6. The number of aliphatic hydroxyl groups is 1. The molecule has 3 heterocycles. The van der Waals surface area contributed by atoms with Gasteiger partial charge in [-0.2, -0.15) is 4.31 Å². The predicted molar refractivity (Wildman–Crippen MR) is 115 cm³/mol. The first-order valence-electron chi connectivity index (χ1n) is 10.3. The van der Waals surface area contributed by atoms with E-state index in [2.05, 4.69) is 5.32 Å². The van der Waals surface area contributed by atoms with Gasteiger partial charge in [0.25, 0.3) is 0 Å². The number of ether oxygens (including phenoxy) is 1. The standard InChI is InChI=1S/C21H24ClN3O5S/c22-17-3-1-16-10-18(4-2-15(16)9-17)31(28,29)24-11-19(27)25-12-20(5-7-23-8-6-20)30-21(25,13-24)14-26/h1-4,9-10,23,26H,5-8,11-14H2. The molecule has 2 N–H and O–H groups in total. The number of carbonyl (C=O) groups is 1. The van der Waals surface area contributed by atoms with Crippen LogP contribution >= 0.6 is 11.6 Å². The normalized spacial score (nSPS) is 26.5. The average Bonchev–Trinajstić information content (AvgIpc) is 3.08. The average molecular weight is 466 g/mol. The number of halogens is 1. The highest BCUT2D eigenvalue weighted by Gasteiger charge is 2.60. The van der Waals surface area contributed by atoms with E-state index in [1.807, 2.05) is 0 Å². The maximum atomic E-state index is 13.4. The largest absolute Gasteiger partial charge is 0.391 e. The number of hydrogen-bond acceptors (Lipinski definition) is 6. The first-order chi connectivity index (χ1) is 14.8. The Bertz CT molecular complexity index is 1150. The number of nitrogens with zero attached hydrogens (tertiary/aromatic N) is 2. The third kappa shape index (κ3) is 3.44. The van der Waals surface area contributed by atoms with E-state index < -0.39 is 28.0 Å². The summed E-state index contributed by atoms with van der Waals surface area (Å²) in [5.74, 6) is -0.355. The van der Waals surface area contributed by atoms with Crippen LogP contribution < -0.4 is 5.32 Å². The summed E-state index contributed by atoms with van der Waals surface area (Å²) in [6, 6.07) is 10.0. The Morgan fingerprint density at radius 3 is 2.55 bits per heavy atom. The quantitative estimate of drug-likeness (QED) is 0.706. The Balaban J connectivity index is 1.48. The van der Waals surface area contributed by atoms with Crippen molar-refractivity contribution < 1.29 is 23.1 Å². The van der Waals surface area contributed by atoms with Crippen LogP contribution in [0, 0.1) is 0 Å². The highest BCUT2D eigenvalue weighted by Crippen LogP contribution is 2.42. The molecule has 3 fully saturated rings. The number of fused-ring (bicyclic) bond motifs is 2. The van der Waals surface area contributed by atoms with Gasteiger partial charge in [-0.3, -0.25) is 4.79 Å². The molecular formula is C21H24ClN3O5S. The number of benzene rings is 2. The van der Waals surface area contributed by atoms with Gasteiger partial charge in [-0.25, -0.2) is 8.42 Å². The molecule has 0 aromatic heterocycles. The highest BCUT2D eigenvalue weighted by molar-refractivity contribution is 7.89. The van der Waals surface area contributed by atoms with Gasteiger partial charge in [0.2, 0.25) is 15.9 Å². The van der Waals surface area contributed by atoms with E-state index in [0.29, 0.717) is 24.4 Å². The molecule has 0 radical (unpaired) electrons. The van der Waals surface area contributed by atoms with E-state index in [1.165, 1.54) is 11.0 Å². The van der Waals surface area contributed by atoms with Crippen molar-refractivity contribution in [2.75, 3.05) is 39.3 Å². The summed E-state index contributed by atoms with van der Waals surface area (Å²) in [4.78, 5) is 14.6. The Kier molecular flexibility index (Phi) is 5.04. The van der Waals surface area contributed by atoms with E-state index >= 15 is 0 Å². The van der Waals surface area contributed by atoms with Crippen molar-refractivity contribution in [3.63, 3.8) is 0 Å². The number of nitrogens with one attached hydrogen (secondary N) is 1. The zero-order valence-electron chi connectivity index (χ0n) is 16.9. The lowest BCUT2D eigenvalue weighted by molar-refractivity contribution is -0.191. The van der Waals surface area contributed by atoms with Gasteiger partial charge in [0.15, 0.2) is 5.72 Å². The number of piperazine rings is 1. The molecule has 3 aliphatic heterocycles. The first kappa shape index (κ1) is 21.1. The summed E-state index contributed by atoms with van der Waals surface area (Å²) >= 11 is 6.02. The third-order valence-electron chi connectivity index (χ3n) is 6.55. The number of rotatable bonds is 3. The Morgan fingerprint density at radius 1 is 1.10 bits per heavy atom. The van der Waals surface area contributed by atoms with Crippen LogP contribution in [0.5, 0.6) is 0 Å². The van der Waals surface area contributed by atoms with Crippen molar-refractivity contribution in [3.05, 3.63) is 41.4 Å². The molecule has 3 aliphatic rings. The van der Waals surface area contributed by atoms with E-state index in [9.17, 15) is 18.3 Å². The van der Waals surface area contributed by atoms with Crippen molar-refractivity contribution >= 4 is 38.3 Å². The minimum absolute atomic E-state index is 0.0891. The Hall–Kier alpha value is -1.75. The molecule has 5 rings (SSSR count). The Morgan fingerprint density at radius 2 is 1.81 bits per heavy atom. The number of aliphatic hydroxyl groups excluding tert-OH is 1. The van der Waals surface area contributed by atoms with Crippen molar-refractivity contribution in [1.29, 1.82) is 0 Å². The van der Waals surface area contributed by atoms with Crippen LogP contribution in [0.4, 0.5) is 0 Å². The number of amides is 1. The second-order valence-electron chi connectivity index (χ2n) is 8.55. The summed E-state index contributed by atoms with van der Waals surface area (Å²) in [7, 11) is -3.98. The van der Waals surface area contributed by atoms with Gasteiger partial charge >= 0.3 is 0 Å². The van der Waals surface area contributed by atoms with Crippen LogP contribution in [0.2, 0.25) is 5.02 Å². The third-order valence-corrected chi connectivity index (χ3v) is 8.58. The summed E-state index contributed by atoms with van der Waals surface area (Å²) in [6.45, 7) is 1.04. The molecule has 1 amide bonds. The van der Waals surface area contributed by atoms with E-state index in [0.717, 1.165) is 28.2 Å². The lowest BCUT2D eigenvalue weighted by atomic mass is 9.92. The van der Waals surface area contributed by atoms with E-state index in [1.54, 1.807) is 30.3 Å². The van der Waals surface area contributed by atoms with Crippen LogP contribution in [0.3, 0.4) is 0 Å². The molecule has 10 heteroatoms.